The lowest BCUT2D eigenvalue weighted by atomic mass is 10.1. The molecule has 1 fully saturated rings. The highest BCUT2D eigenvalue weighted by molar-refractivity contribution is 6.37. The van der Waals surface area contributed by atoms with Crippen molar-refractivity contribution in [3.05, 3.63) is 39.9 Å². The number of carbonyl (C=O) groups is 2. The van der Waals surface area contributed by atoms with E-state index in [0.29, 0.717) is 34.5 Å². The average Bonchev–Trinajstić information content (AvgIpc) is 3.14. The van der Waals surface area contributed by atoms with Gasteiger partial charge in [0.1, 0.15) is 11.5 Å². The van der Waals surface area contributed by atoms with E-state index in [1.807, 2.05) is 0 Å². The molecule has 1 aliphatic rings. The fourth-order valence-corrected chi connectivity index (χ4v) is 3.23. The summed E-state index contributed by atoms with van der Waals surface area (Å²) in [5.74, 6) is -1.39. The summed E-state index contributed by atoms with van der Waals surface area (Å²) in [7, 11) is 0. The second-order valence-corrected chi connectivity index (χ2v) is 6.35. The first-order valence-corrected chi connectivity index (χ1v) is 8.04. The molecule has 1 atom stereocenters. The van der Waals surface area contributed by atoms with E-state index in [9.17, 15) is 9.59 Å². The molecule has 1 aromatic heterocycles. The Morgan fingerprint density at radius 1 is 1.29 bits per heavy atom. The van der Waals surface area contributed by atoms with E-state index in [1.165, 1.54) is 9.58 Å². The maximum atomic E-state index is 12.5. The van der Waals surface area contributed by atoms with Crippen molar-refractivity contribution in [2.45, 2.75) is 13.3 Å². The van der Waals surface area contributed by atoms with Crippen LogP contribution in [0.2, 0.25) is 10.0 Å². The lowest BCUT2D eigenvalue weighted by molar-refractivity contribution is -0.141. The van der Waals surface area contributed by atoms with E-state index >= 15 is 0 Å². The molecular formula is C15H14Cl2N4O3. The number of rotatable bonds is 3. The molecule has 1 N–H and O–H groups in total. The Morgan fingerprint density at radius 3 is 2.54 bits per heavy atom. The Labute approximate surface area is 147 Å². The number of carboxylic acids is 1. The van der Waals surface area contributed by atoms with Gasteiger partial charge in [-0.3, -0.25) is 9.59 Å². The summed E-state index contributed by atoms with van der Waals surface area (Å²) in [5.41, 5.74) is 0.453. The normalized spacial score (nSPS) is 17.3. The van der Waals surface area contributed by atoms with E-state index in [2.05, 4.69) is 10.1 Å². The zero-order chi connectivity index (χ0) is 17.4. The number of likely N-dealkylation sites (tertiary alicyclic amines) is 1. The molecule has 9 heteroatoms. The highest BCUT2D eigenvalue weighted by atomic mass is 35.5. The summed E-state index contributed by atoms with van der Waals surface area (Å²) in [4.78, 5) is 29.2. The largest absolute Gasteiger partial charge is 0.481 e. The summed E-state index contributed by atoms with van der Waals surface area (Å²) in [6, 6.07) is 5.05. The molecule has 0 spiro atoms. The van der Waals surface area contributed by atoms with Crippen LogP contribution in [0.3, 0.4) is 0 Å². The molecule has 0 aliphatic carbocycles. The number of para-hydroxylation sites is 1. The second kappa shape index (κ2) is 6.41. The van der Waals surface area contributed by atoms with Gasteiger partial charge in [-0.1, -0.05) is 29.3 Å². The lowest BCUT2D eigenvalue weighted by Crippen LogP contribution is -2.30. The zero-order valence-corrected chi connectivity index (χ0v) is 14.3. The molecule has 0 saturated carbocycles. The molecule has 24 heavy (non-hydrogen) atoms. The molecule has 1 aliphatic heterocycles. The monoisotopic (exact) mass is 368 g/mol. The van der Waals surface area contributed by atoms with E-state index in [4.69, 9.17) is 28.3 Å². The molecule has 2 heterocycles. The van der Waals surface area contributed by atoms with Gasteiger partial charge in [-0.15, -0.1) is 5.10 Å². The number of hydrogen-bond acceptors (Lipinski definition) is 4. The number of aromatic nitrogens is 3. The first-order chi connectivity index (χ1) is 11.4. The molecule has 0 bridgehead atoms. The number of benzene rings is 1. The average molecular weight is 369 g/mol. The van der Waals surface area contributed by atoms with Gasteiger partial charge in [-0.2, -0.15) is 0 Å². The molecule has 1 saturated heterocycles. The molecule has 2 aromatic rings. The van der Waals surface area contributed by atoms with Gasteiger partial charge >= 0.3 is 5.97 Å². The van der Waals surface area contributed by atoms with Crippen LogP contribution in [0, 0.1) is 12.8 Å². The van der Waals surface area contributed by atoms with Crippen LogP contribution in [-0.4, -0.2) is 49.7 Å². The number of halogens is 2. The van der Waals surface area contributed by atoms with Gasteiger partial charge in [0, 0.05) is 13.1 Å². The predicted molar refractivity (Wildman–Crippen MR) is 87.8 cm³/mol. The van der Waals surface area contributed by atoms with Crippen LogP contribution in [0.25, 0.3) is 5.69 Å². The highest BCUT2D eigenvalue weighted by Gasteiger charge is 2.33. The van der Waals surface area contributed by atoms with Gasteiger partial charge in [0.15, 0.2) is 0 Å². The van der Waals surface area contributed by atoms with Crippen molar-refractivity contribution in [1.82, 2.24) is 19.7 Å². The van der Waals surface area contributed by atoms with Crippen molar-refractivity contribution in [1.29, 1.82) is 0 Å². The molecule has 7 nitrogen and oxygen atoms in total. The number of hydrogen-bond donors (Lipinski definition) is 1. The molecule has 1 aromatic carbocycles. The van der Waals surface area contributed by atoms with Gasteiger partial charge in [-0.25, -0.2) is 9.67 Å². The minimum absolute atomic E-state index is 0.00507. The van der Waals surface area contributed by atoms with Gasteiger partial charge in [-0.05, 0) is 25.5 Å². The van der Waals surface area contributed by atoms with E-state index in [-0.39, 0.29) is 12.4 Å². The SMILES string of the molecule is Cc1nc(C(=O)N2CCC(C(=O)O)C2)nn1-c1c(Cl)cccc1Cl. The van der Waals surface area contributed by atoms with Crippen LogP contribution in [0.1, 0.15) is 22.9 Å². The first kappa shape index (κ1) is 16.7. The van der Waals surface area contributed by atoms with Crippen LogP contribution in [-0.2, 0) is 4.79 Å². The summed E-state index contributed by atoms with van der Waals surface area (Å²) in [5, 5.41) is 14.0. The number of aryl methyl sites for hydroxylation is 1. The third-order valence-electron chi connectivity index (χ3n) is 3.93. The fourth-order valence-electron chi connectivity index (χ4n) is 2.67. The fraction of sp³-hybridized carbons (Fsp3) is 0.333. The minimum atomic E-state index is -0.900. The van der Waals surface area contributed by atoms with E-state index < -0.39 is 17.8 Å². The molecule has 1 unspecified atom stereocenters. The summed E-state index contributed by atoms with van der Waals surface area (Å²) in [6.45, 7) is 2.22. The van der Waals surface area contributed by atoms with Crippen molar-refractivity contribution in [2.24, 2.45) is 5.92 Å². The van der Waals surface area contributed by atoms with Crippen LogP contribution < -0.4 is 0 Å². The van der Waals surface area contributed by atoms with Gasteiger partial charge in [0.25, 0.3) is 5.91 Å². The number of amides is 1. The van der Waals surface area contributed by atoms with Crippen LogP contribution in [0.5, 0.6) is 0 Å². The van der Waals surface area contributed by atoms with Gasteiger partial charge < -0.3 is 10.0 Å². The number of nitrogens with zero attached hydrogens (tertiary/aromatic N) is 4. The van der Waals surface area contributed by atoms with Crippen LogP contribution in [0.4, 0.5) is 0 Å². The van der Waals surface area contributed by atoms with Crippen molar-refractivity contribution in [2.75, 3.05) is 13.1 Å². The van der Waals surface area contributed by atoms with E-state index in [1.54, 1.807) is 25.1 Å². The standard InChI is InChI=1S/C15H14Cl2N4O3/c1-8-18-13(14(22)20-6-5-9(7-20)15(23)24)19-21(8)12-10(16)3-2-4-11(12)17/h2-4,9H,5-7H2,1H3,(H,23,24). The Balaban J connectivity index is 1.90. The topological polar surface area (TPSA) is 88.3 Å². The first-order valence-electron chi connectivity index (χ1n) is 7.28. The number of carboxylic acid groups (broad SMARTS) is 1. The van der Waals surface area contributed by atoms with Gasteiger partial charge in [0.2, 0.25) is 5.82 Å². The lowest BCUT2D eigenvalue weighted by Gasteiger charge is -2.13. The minimum Gasteiger partial charge on any atom is -0.481 e. The predicted octanol–water partition coefficient (Wildman–Crippen LogP) is 2.43. The molecular weight excluding hydrogens is 355 g/mol. The van der Waals surface area contributed by atoms with Crippen molar-refractivity contribution < 1.29 is 14.7 Å². The Morgan fingerprint density at radius 2 is 1.96 bits per heavy atom. The highest BCUT2D eigenvalue weighted by Crippen LogP contribution is 2.28. The quantitative estimate of drug-likeness (QED) is 0.898. The van der Waals surface area contributed by atoms with E-state index in [0.717, 1.165) is 0 Å². The molecule has 126 valence electrons. The maximum Gasteiger partial charge on any atom is 0.308 e. The zero-order valence-electron chi connectivity index (χ0n) is 12.7. The summed E-state index contributed by atoms with van der Waals surface area (Å²) >= 11 is 12.3. The summed E-state index contributed by atoms with van der Waals surface area (Å²) in [6.07, 6.45) is 0.428. The third-order valence-corrected chi connectivity index (χ3v) is 4.54. The summed E-state index contributed by atoms with van der Waals surface area (Å²) < 4.78 is 1.42. The Bertz CT molecular complexity index is 801. The number of aliphatic carboxylic acids is 1. The van der Waals surface area contributed by atoms with Crippen LogP contribution >= 0.6 is 23.2 Å². The van der Waals surface area contributed by atoms with Crippen molar-refractivity contribution in [3.63, 3.8) is 0 Å². The second-order valence-electron chi connectivity index (χ2n) is 5.54. The molecule has 1 amide bonds. The maximum absolute atomic E-state index is 12.5. The third kappa shape index (κ3) is 2.97. The van der Waals surface area contributed by atoms with Crippen molar-refractivity contribution >= 4 is 35.1 Å². The van der Waals surface area contributed by atoms with Crippen molar-refractivity contribution in [3.8, 4) is 5.69 Å². The molecule has 0 radical (unpaired) electrons. The Hall–Kier alpha value is -2.12. The van der Waals surface area contributed by atoms with Gasteiger partial charge in [0.05, 0.1) is 16.0 Å². The smallest absolute Gasteiger partial charge is 0.308 e. The molecule has 3 rings (SSSR count). The number of carbonyl (C=O) groups excluding carboxylic acids is 1. The Kier molecular flexibility index (Phi) is 4.47. The van der Waals surface area contributed by atoms with Crippen LogP contribution in [0.15, 0.2) is 18.2 Å².